The van der Waals surface area contributed by atoms with Gasteiger partial charge in [-0.2, -0.15) is 0 Å². The molecule has 0 saturated heterocycles. The Morgan fingerprint density at radius 2 is 1.85 bits per heavy atom. The molecule has 1 N–H and O–H groups in total. The minimum atomic E-state index is -0.585. The van der Waals surface area contributed by atoms with Crippen molar-refractivity contribution in [1.82, 2.24) is 4.98 Å². The van der Waals surface area contributed by atoms with Gasteiger partial charge in [0.25, 0.3) is 0 Å². The first kappa shape index (κ1) is 18.3. The number of halogens is 2. The van der Waals surface area contributed by atoms with Gasteiger partial charge in [-0.1, -0.05) is 12.1 Å². The second-order valence-corrected chi connectivity index (χ2v) is 5.61. The van der Waals surface area contributed by atoms with Gasteiger partial charge in [0.05, 0.1) is 18.5 Å². The third kappa shape index (κ3) is 4.20. The number of ether oxygens (including phenoxy) is 2. The highest BCUT2D eigenvalue weighted by Crippen LogP contribution is 2.30. The van der Waals surface area contributed by atoms with Crippen molar-refractivity contribution in [3.05, 3.63) is 66.2 Å². The van der Waals surface area contributed by atoms with Gasteiger partial charge in [0.15, 0.2) is 11.6 Å². The van der Waals surface area contributed by atoms with Crippen molar-refractivity contribution in [3.63, 3.8) is 0 Å². The Hall–Kier alpha value is -3.48. The van der Waals surface area contributed by atoms with Crippen LogP contribution in [-0.2, 0) is 4.79 Å². The van der Waals surface area contributed by atoms with Crippen molar-refractivity contribution in [2.45, 2.75) is 6.92 Å². The van der Waals surface area contributed by atoms with Crippen LogP contribution >= 0.6 is 0 Å². The van der Waals surface area contributed by atoms with Gasteiger partial charge in [0, 0.05) is 24.6 Å². The number of hydrogen-bond acceptors (Lipinski definition) is 4. The second kappa shape index (κ2) is 7.82. The molecule has 0 radical (unpaired) electrons. The number of hydrogen-bond donors (Lipinski definition) is 1. The molecule has 3 aromatic rings. The molecule has 0 aliphatic heterocycles. The monoisotopic (exact) mass is 370 g/mol. The van der Waals surface area contributed by atoms with E-state index in [2.05, 4.69) is 10.3 Å². The molecule has 0 atom stereocenters. The van der Waals surface area contributed by atoms with E-state index in [0.717, 1.165) is 0 Å². The molecular weight excluding hydrogens is 354 g/mol. The zero-order chi connectivity index (χ0) is 19.4. The van der Waals surface area contributed by atoms with E-state index in [9.17, 15) is 13.6 Å². The van der Waals surface area contributed by atoms with E-state index in [1.165, 1.54) is 38.3 Å². The molecule has 0 bridgehead atoms. The van der Waals surface area contributed by atoms with Gasteiger partial charge in [0.2, 0.25) is 11.8 Å². The number of carbonyl (C=O) groups is 1. The molecule has 1 heterocycles. The van der Waals surface area contributed by atoms with E-state index in [0.29, 0.717) is 5.69 Å². The van der Waals surface area contributed by atoms with Crippen molar-refractivity contribution in [3.8, 4) is 28.6 Å². The lowest BCUT2D eigenvalue weighted by molar-refractivity contribution is -0.114. The summed E-state index contributed by atoms with van der Waals surface area (Å²) in [4.78, 5) is 15.4. The number of carbonyl (C=O) groups excluding carboxylic acids is 1. The van der Waals surface area contributed by atoms with Crippen LogP contribution in [0.2, 0.25) is 0 Å². The van der Waals surface area contributed by atoms with Crippen molar-refractivity contribution in [2.75, 3.05) is 12.4 Å². The molecule has 0 aliphatic carbocycles. The Kier molecular flexibility index (Phi) is 5.30. The Balaban J connectivity index is 1.90. The average Bonchev–Trinajstić information content (AvgIpc) is 2.64. The summed E-state index contributed by atoms with van der Waals surface area (Å²) in [6.45, 7) is 1.28. The molecular formula is C20H16F2N2O3. The number of nitrogens with zero attached hydrogens (tertiary/aromatic N) is 1. The Bertz CT molecular complexity index is 993. The predicted octanol–water partition coefficient (Wildman–Crippen LogP) is 4.79. The second-order valence-electron chi connectivity index (χ2n) is 5.61. The molecule has 0 spiro atoms. The normalized spacial score (nSPS) is 10.4. The van der Waals surface area contributed by atoms with Gasteiger partial charge in [-0.15, -0.1) is 0 Å². The highest BCUT2D eigenvalue weighted by molar-refractivity contribution is 5.89. The Morgan fingerprint density at radius 3 is 2.59 bits per heavy atom. The number of anilines is 1. The van der Waals surface area contributed by atoms with Gasteiger partial charge in [-0.25, -0.2) is 13.8 Å². The van der Waals surface area contributed by atoms with Gasteiger partial charge >= 0.3 is 0 Å². The van der Waals surface area contributed by atoms with Gasteiger partial charge in [-0.05, 0) is 30.3 Å². The smallest absolute Gasteiger partial charge is 0.221 e. The number of aromatic nitrogens is 1. The lowest BCUT2D eigenvalue weighted by Gasteiger charge is -2.10. The van der Waals surface area contributed by atoms with Gasteiger partial charge in [-0.3, -0.25) is 4.79 Å². The lowest BCUT2D eigenvalue weighted by atomic mass is 10.1. The van der Waals surface area contributed by atoms with Crippen molar-refractivity contribution < 1.29 is 23.0 Å². The highest BCUT2D eigenvalue weighted by atomic mass is 19.1. The number of amides is 1. The highest BCUT2D eigenvalue weighted by Gasteiger charge is 2.13. The SMILES string of the molecule is COc1cccc(-c2cccc(Oc3ccc(F)c(NC(C)=O)c3)n2)c1F. The van der Waals surface area contributed by atoms with Crippen molar-refractivity contribution in [1.29, 1.82) is 0 Å². The third-order valence-electron chi connectivity index (χ3n) is 3.65. The summed E-state index contributed by atoms with van der Waals surface area (Å²) in [7, 11) is 1.39. The molecule has 138 valence electrons. The maximum Gasteiger partial charge on any atom is 0.221 e. The summed E-state index contributed by atoms with van der Waals surface area (Å²) in [5.74, 6) is -0.943. The minimum Gasteiger partial charge on any atom is -0.494 e. The molecule has 2 aromatic carbocycles. The third-order valence-corrected chi connectivity index (χ3v) is 3.65. The molecule has 0 fully saturated rings. The van der Waals surface area contributed by atoms with Crippen LogP contribution < -0.4 is 14.8 Å². The van der Waals surface area contributed by atoms with E-state index in [4.69, 9.17) is 9.47 Å². The molecule has 0 unspecified atom stereocenters. The first-order valence-corrected chi connectivity index (χ1v) is 8.03. The fourth-order valence-electron chi connectivity index (χ4n) is 2.46. The molecule has 1 amide bonds. The summed E-state index contributed by atoms with van der Waals surface area (Å²) in [6, 6.07) is 13.6. The molecule has 5 nitrogen and oxygen atoms in total. The van der Waals surface area contributed by atoms with Gasteiger partial charge < -0.3 is 14.8 Å². The first-order valence-electron chi connectivity index (χ1n) is 8.03. The van der Waals surface area contributed by atoms with Crippen LogP contribution in [0, 0.1) is 11.6 Å². The van der Waals surface area contributed by atoms with Crippen LogP contribution in [0.3, 0.4) is 0 Å². The number of methoxy groups -OCH3 is 1. The molecule has 1 aromatic heterocycles. The van der Waals surface area contributed by atoms with E-state index < -0.39 is 17.5 Å². The van der Waals surface area contributed by atoms with Crippen LogP contribution in [0.4, 0.5) is 14.5 Å². The summed E-state index contributed by atoms with van der Waals surface area (Å²) in [5.41, 5.74) is 0.612. The van der Waals surface area contributed by atoms with Crippen LogP contribution in [0.25, 0.3) is 11.3 Å². The van der Waals surface area contributed by atoms with E-state index in [1.807, 2.05) is 0 Å². The summed E-state index contributed by atoms with van der Waals surface area (Å²) in [6.07, 6.45) is 0. The van der Waals surface area contributed by atoms with Gasteiger partial charge in [0.1, 0.15) is 11.6 Å². The minimum absolute atomic E-state index is 0.00463. The molecule has 0 aliphatic rings. The Morgan fingerprint density at radius 1 is 1.07 bits per heavy atom. The van der Waals surface area contributed by atoms with Crippen LogP contribution in [0.5, 0.6) is 17.4 Å². The summed E-state index contributed by atoms with van der Waals surface area (Å²) < 4.78 is 38.8. The van der Waals surface area contributed by atoms with Crippen molar-refractivity contribution in [2.24, 2.45) is 0 Å². The molecule has 7 heteroatoms. The van der Waals surface area contributed by atoms with E-state index in [1.54, 1.807) is 30.3 Å². The average molecular weight is 370 g/mol. The predicted molar refractivity (Wildman–Crippen MR) is 97.0 cm³/mol. The number of pyridine rings is 1. The fourth-order valence-corrected chi connectivity index (χ4v) is 2.46. The number of rotatable bonds is 5. The number of nitrogens with one attached hydrogen (secondary N) is 1. The molecule has 3 rings (SSSR count). The van der Waals surface area contributed by atoms with Crippen LogP contribution in [0.15, 0.2) is 54.6 Å². The Labute approximate surface area is 154 Å². The molecule has 27 heavy (non-hydrogen) atoms. The van der Waals surface area contributed by atoms with E-state index in [-0.39, 0.29) is 28.6 Å². The zero-order valence-electron chi connectivity index (χ0n) is 14.6. The van der Waals surface area contributed by atoms with Crippen molar-refractivity contribution >= 4 is 11.6 Å². The van der Waals surface area contributed by atoms with Crippen LogP contribution in [-0.4, -0.2) is 18.0 Å². The quantitative estimate of drug-likeness (QED) is 0.702. The fraction of sp³-hybridized carbons (Fsp3) is 0.100. The standard InChI is InChI=1S/C20H16F2N2O3/c1-12(25)23-17-11-13(9-10-15(17)21)27-19-8-4-6-16(24-19)14-5-3-7-18(26-2)20(14)22/h3-11H,1-2H3,(H,23,25). The van der Waals surface area contributed by atoms with E-state index >= 15 is 0 Å². The maximum absolute atomic E-state index is 14.4. The first-order chi connectivity index (χ1) is 13.0. The summed E-state index contributed by atoms with van der Waals surface area (Å²) in [5, 5.41) is 2.38. The number of benzene rings is 2. The lowest BCUT2D eigenvalue weighted by Crippen LogP contribution is -2.07. The maximum atomic E-state index is 14.4. The van der Waals surface area contributed by atoms with Crippen LogP contribution in [0.1, 0.15) is 6.92 Å². The topological polar surface area (TPSA) is 60.5 Å². The largest absolute Gasteiger partial charge is 0.494 e. The summed E-state index contributed by atoms with van der Waals surface area (Å²) >= 11 is 0. The molecule has 0 saturated carbocycles. The zero-order valence-corrected chi connectivity index (χ0v) is 14.6.